The lowest BCUT2D eigenvalue weighted by atomic mass is 9.93. The van der Waals surface area contributed by atoms with Gasteiger partial charge in [-0.05, 0) is 37.8 Å². The predicted octanol–water partition coefficient (Wildman–Crippen LogP) is 0.961. The molecule has 0 saturated heterocycles. The molecule has 2 rings (SSSR count). The van der Waals surface area contributed by atoms with E-state index in [-0.39, 0.29) is 6.10 Å². The van der Waals surface area contributed by atoms with Gasteiger partial charge < -0.3 is 21.9 Å². The van der Waals surface area contributed by atoms with Crippen LogP contribution in [0.1, 0.15) is 25.7 Å². The maximum Gasteiger partial charge on any atom is 0.149 e. The molecule has 0 aliphatic heterocycles. The van der Waals surface area contributed by atoms with Crippen LogP contribution in [-0.2, 0) is 0 Å². The predicted molar refractivity (Wildman–Crippen MR) is 64.9 cm³/mol. The van der Waals surface area contributed by atoms with E-state index in [4.69, 9.17) is 11.5 Å². The van der Waals surface area contributed by atoms with Crippen LogP contribution in [0.3, 0.4) is 0 Å². The van der Waals surface area contributed by atoms with Crippen molar-refractivity contribution in [3.63, 3.8) is 0 Å². The Morgan fingerprint density at radius 3 is 2.50 bits per heavy atom. The Hall–Kier alpha value is -1.49. The van der Waals surface area contributed by atoms with Crippen molar-refractivity contribution in [2.24, 2.45) is 0 Å². The van der Waals surface area contributed by atoms with E-state index in [1.54, 1.807) is 6.07 Å². The molecule has 0 aromatic carbocycles. The number of aromatic nitrogens is 1. The number of rotatable bonds is 2. The van der Waals surface area contributed by atoms with Gasteiger partial charge in [-0.25, -0.2) is 4.98 Å². The van der Waals surface area contributed by atoms with Crippen molar-refractivity contribution in [3.05, 3.63) is 12.1 Å². The van der Waals surface area contributed by atoms with E-state index in [0.29, 0.717) is 17.5 Å². The van der Waals surface area contributed by atoms with Crippen molar-refractivity contribution < 1.29 is 5.11 Å². The Morgan fingerprint density at radius 2 is 1.88 bits per heavy atom. The van der Waals surface area contributed by atoms with E-state index >= 15 is 0 Å². The first-order valence-corrected chi connectivity index (χ1v) is 5.62. The number of nitrogens with two attached hydrogens (primary N) is 2. The number of nitrogens with zero attached hydrogens (tertiary/aromatic N) is 1. The quantitative estimate of drug-likeness (QED) is 0.597. The van der Waals surface area contributed by atoms with Crippen LogP contribution in [0.2, 0.25) is 0 Å². The molecule has 1 aromatic rings. The van der Waals surface area contributed by atoms with Gasteiger partial charge in [-0.3, -0.25) is 0 Å². The van der Waals surface area contributed by atoms with Gasteiger partial charge in [0.2, 0.25) is 0 Å². The number of nitrogen functional groups attached to an aromatic ring is 2. The topological polar surface area (TPSA) is 97.2 Å². The fourth-order valence-electron chi connectivity index (χ4n) is 2.00. The highest BCUT2D eigenvalue weighted by Crippen LogP contribution is 2.22. The van der Waals surface area contributed by atoms with Crippen LogP contribution in [0, 0.1) is 0 Å². The van der Waals surface area contributed by atoms with Gasteiger partial charge in [-0.15, -0.1) is 0 Å². The summed E-state index contributed by atoms with van der Waals surface area (Å²) < 4.78 is 0. The maximum atomic E-state index is 9.39. The Bertz CT molecular complexity index is 361. The molecule has 1 aromatic heterocycles. The standard InChI is InChI=1S/C11H18N4O/c12-9-5-6-10(15-11(9)13)14-7-1-3-8(16)4-2-7/h5-8,16H,1-4,12H2,(H3,13,14,15). The largest absolute Gasteiger partial charge is 0.396 e. The molecule has 1 saturated carbocycles. The van der Waals surface area contributed by atoms with Gasteiger partial charge in [0.25, 0.3) is 0 Å². The SMILES string of the molecule is Nc1ccc(NC2CCC(O)CC2)nc1N. The van der Waals surface area contributed by atoms with Crippen molar-refractivity contribution in [1.82, 2.24) is 4.98 Å². The second kappa shape index (κ2) is 4.57. The minimum absolute atomic E-state index is 0.137. The molecule has 6 N–H and O–H groups in total. The van der Waals surface area contributed by atoms with E-state index in [9.17, 15) is 5.11 Å². The van der Waals surface area contributed by atoms with Crippen molar-refractivity contribution in [2.45, 2.75) is 37.8 Å². The summed E-state index contributed by atoms with van der Waals surface area (Å²) in [6.45, 7) is 0. The zero-order chi connectivity index (χ0) is 11.5. The number of anilines is 3. The summed E-state index contributed by atoms with van der Waals surface area (Å²) in [5.41, 5.74) is 11.7. The molecule has 0 radical (unpaired) electrons. The van der Waals surface area contributed by atoms with E-state index < -0.39 is 0 Å². The second-order valence-corrected chi connectivity index (χ2v) is 4.32. The minimum Gasteiger partial charge on any atom is -0.396 e. The molecule has 5 heteroatoms. The number of aliphatic hydroxyl groups is 1. The van der Waals surface area contributed by atoms with E-state index in [1.807, 2.05) is 6.07 Å². The normalized spacial score (nSPS) is 25.3. The molecule has 0 unspecified atom stereocenters. The zero-order valence-electron chi connectivity index (χ0n) is 9.19. The molecule has 1 aliphatic rings. The Labute approximate surface area is 94.9 Å². The van der Waals surface area contributed by atoms with Crippen LogP contribution in [0.15, 0.2) is 12.1 Å². The smallest absolute Gasteiger partial charge is 0.149 e. The number of pyridine rings is 1. The zero-order valence-corrected chi connectivity index (χ0v) is 9.19. The molecule has 16 heavy (non-hydrogen) atoms. The van der Waals surface area contributed by atoms with Gasteiger partial charge in [-0.2, -0.15) is 0 Å². The molecule has 1 aliphatic carbocycles. The third-order valence-corrected chi connectivity index (χ3v) is 3.01. The molecular weight excluding hydrogens is 204 g/mol. The number of hydrogen-bond acceptors (Lipinski definition) is 5. The number of hydrogen-bond donors (Lipinski definition) is 4. The summed E-state index contributed by atoms with van der Waals surface area (Å²) in [5.74, 6) is 1.12. The van der Waals surface area contributed by atoms with Crippen LogP contribution in [0.4, 0.5) is 17.3 Å². The lowest BCUT2D eigenvalue weighted by molar-refractivity contribution is 0.126. The van der Waals surface area contributed by atoms with Crippen LogP contribution in [-0.4, -0.2) is 22.2 Å². The summed E-state index contributed by atoms with van der Waals surface area (Å²) in [6.07, 6.45) is 3.49. The molecule has 1 fully saturated rings. The molecular formula is C11H18N4O. The summed E-state index contributed by atoms with van der Waals surface area (Å²) in [5, 5.41) is 12.7. The fraction of sp³-hybridized carbons (Fsp3) is 0.545. The highest BCUT2D eigenvalue weighted by atomic mass is 16.3. The Morgan fingerprint density at radius 1 is 1.19 bits per heavy atom. The third-order valence-electron chi connectivity index (χ3n) is 3.01. The lowest BCUT2D eigenvalue weighted by Gasteiger charge is -2.26. The number of aliphatic hydroxyl groups excluding tert-OH is 1. The second-order valence-electron chi connectivity index (χ2n) is 4.32. The first-order chi connectivity index (χ1) is 7.65. The van der Waals surface area contributed by atoms with Crippen molar-refractivity contribution in [3.8, 4) is 0 Å². The third kappa shape index (κ3) is 2.55. The van der Waals surface area contributed by atoms with Gasteiger partial charge in [0.15, 0.2) is 0 Å². The average Bonchev–Trinajstić information content (AvgIpc) is 2.27. The van der Waals surface area contributed by atoms with Crippen LogP contribution < -0.4 is 16.8 Å². The lowest BCUT2D eigenvalue weighted by Crippen LogP contribution is -2.28. The van der Waals surface area contributed by atoms with E-state index in [0.717, 1.165) is 31.5 Å². The monoisotopic (exact) mass is 222 g/mol. The van der Waals surface area contributed by atoms with Gasteiger partial charge in [0.05, 0.1) is 11.8 Å². The molecule has 88 valence electrons. The summed E-state index contributed by atoms with van der Waals surface area (Å²) >= 11 is 0. The van der Waals surface area contributed by atoms with Gasteiger partial charge >= 0.3 is 0 Å². The van der Waals surface area contributed by atoms with Gasteiger partial charge in [-0.1, -0.05) is 0 Å². The molecule has 0 amide bonds. The minimum atomic E-state index is -0.137. The summed E-state index contributed by atoms with van der Waals surface area (Å²) in [4.78, 5) is 4.17. The number of nitrogens with one attached hydrogen (secondary N) is 1. The Kier molecular flexibility index (Phi) is 3.14. The molecule has 5 nitrogen and oxygen atoms in total. The highest BCUT2D eigenvalue weighted by Gasteiger charge is 2.19. The summed E-state index contributed by atoms with van der Waals surface area (Å²) in [6, 6.07) is 3.96. The first kappa shape index (κ1) is 11.0. The van der Waals surface area contributed by atoms with Crippen molar-refractivity contribution in [1.29, 1.82) is 0 Å². The summed E-state index contributed by atoms with van der Waals surface area (Å²) in [7, 11) is 0. The van der Waals surface area contributed by atoms with Gasteiger partial charge in [0.1, 0.15) is 11.6 Å². The molecule has 1 heterocycles. The first-order valence-electron chi connectivity index (χ1n) is 5.62. The molecule has 0 spiro atoms. The van der Waals surface area contributed by atoms with Crippen LogP contribution >= 0.6 is 0 Å². The molecule has 0 bridgehead atoms. The maximum absolute atomic E-state index is 9.39. The van der Waals surface area contributed by atoms with Crippen molar-refractivity contribution in [2.75, 3.05) is 16.8 Å². The van der Waals surface area contributed by atoms with E-state index in [1.165, 1.54) is 0 Å². The van der Waals surface area contributed by atoms with Crippen molar-refractivity contribution >= 4 is 17.3 Å². The van der Waals surface area contributed by atoms with Gasteiger partial charge in [0, 0.05) is 6.04 Å². The average molecular weight is 222 g/mol. The Balaban J connectivity index is 1.96. The highest BCUT2D eigenvalue weighted by molar-refractivity contribution is 5.61. The van der Waals surface area contributed by atoms with Crippen LogP contribution in [0.25, 0.3) is 0 Å². The fourth-order valence-corrected chi connectivity index (χ4v) is 2.00. The molecule has 0 atom stereocenters. The van der Waals surface area contributed by atoms with E-state index in [2.05, 4.69) is 10.3 Å². The van der Waals surface area contributed by atoms with Crippen LogP contribution in [0.5, 0.6) is 0 Å².